The second-order valence-corrected chi connectivity index (χ2v) is 27.9. The highest BCUT2D eigenvalue weighted by molar-refractivity contribution is 7.47. The lowest BCUT2D eigenvalue weighted by molar-refractivity contribution is -0.870. The van der Waals surface area contributed by atoms with Crippen LogP contribution < -0.4 is 0 Å². The molecule has 3 aromatic heterocycles. The van der Waals surface area contributed by atoms with Gasteiger partial charge in [-0.15, -0.1) is 0 Å². The van der Waals surface area contributed by atoms with Crippen LogP contribution in [0.2, 0.25) is 0 Å². The molecule has 0 aromatic carbocycles. The number of quaternary nitrogens is 2. The summed E-state index contributed by atoms with van der Waals surface area (Å²) in [4.78, 5) is 64.3. The second kappa shape index (κ2) is 35.4. The third-order valence-corrected chi connectivity index (χ3v) is 17.9. The van der Waals surface area contributed by atoms with Crippen LogP contribution in [0.4, 0.5) is 0 Å². The molecule has 8 bridgehead atoms. The molecule has 2 aliphatic heterocycles. The summed E-state index contributed by atoms with van der Waals surface area (Å²) in [6.45, 7) is 19.3. The normalized spacial score (nSPS) is 14.4. The minimum absolute atomic E-state index is 0.165. The first-order valence-corrected chi connectivity index (χ1v) is 34.4. The Balaban J connectivity index is 1.15. The van der Waals surface area contributed by atoms with Crippen LogP contribution in [-0.2, 0) is 46.3 Å². The number of likely N-dealkylation sites (N-methyl/N-ethyl adjacent to an activating group) is 2. The molecule has 0 amide bonds. The molecule has 0 spiro atoms. The molecule has 18 nitrogen and oxygen atoms in total. The van der Waals surface area contributed by atoms with Gasteiger partial charge in [0, 0.05) is 46.0 Å². The smallest absolute Gasteiger partial charge is 0.466 e. The van der Waals surface area contributed by atoms with Crippen molar-refractivity contribution >= 4 is 84.1 Å². The standard InChI is InChI=1S/C66H102N6O12P2/c1-13-53-49(3)57-45-58-51(5)55(33-35-65(73)79-39-29-25-21-17-15-19-23-27-31-41-81-85(75,76)83-43-37-71(7,8)9)63(69-58)48-64-56(52(6)60(70-64)47-62-54(14-2)50(4)59(68-62)46-61(53)67-57)34-36-66(74)80-40-30-26-22-18-16-20-24-28-32-42-82-86(77,78)84-44-38-72(10,11)12/h13-14,45-48H,1-2,15-44H2,3-12H3,(H2-2,67,68,69,70,75,76,77,78)/p+2. The summed E-state index contributed by atoms with van der Waals surface area (Å²) < 4.78 is 57.5. The Bertz CT molecular complexity index is 3070. The number of hydrogen-bond acceptors (Lipinski definition) is 12. The Morgan fingerprint density at radius 3 is 1.14 bits per heavy atom. The van der Waals surface area contributed by atoms with Gasteiger partial charge < -0.3 is 38.2 Å². The van der Waals surface area contributed by atoms with Crippen molar-refractivity contribution in [2.24, 2.45) is 0 Å². The van der Waals surface area contributed by atoms with Gasteiger partial charge in [0.25, 0.3) is 0 Å². The molecule has 5 rings (SSSR count). The van der Waals surface area contributed by atoms with Gasteiger partial charge in [-0.05, 0) is 124 Å². The van der Waals surface area contributed by atoms with Crippen molar-refractivity contribution in [3.8, 4) is 0 Å². The molecule has 0 fully saturated rings. The highest BCUT2D eigenvalue weighted by atomic mass is 31.2. The number of carbonyl (C=O) groups is 2. The number of phosphoric ester groups is 2. The van der Waals surface area contributed by atoms with E-state index in [-0.39, 0.29) is 51.2 Å². The molecule has 2 atom stereocenters. The first-order chi connectivity index (χ1) is 40.8. The van der Waals surface area contributed by atoms with Crippen LogP contribution in [0.1, 0.15) is 200 Å². The predicted octanol–water partition coefficient (Wildman–Crippen LogP) is 15.4. The van der Waals surface area contributed by atoms with E-state index in [1.165, 1.54) is 0 Å². The van der Waals surface area contributed by atoms with Crippen LogP contribution >= 0.6 is 15.6 Å². The van der Waals surface area contributed by atoms with Crippen molar-refractivity contribution < 1.29 is 65.0 Å². The van der Waals surface area contributed by atoms with Crippen molar-refractivity contribution in [1.82, 2.24) is 19.9 Å². The number of unbranched alkanes of at least 4 members (excludes halogenated alkanes) is 16. The van der Waals surface area contributed by atoms with Gasteiger partial charge in [0.05, 0.1) is 91.5 Å². The van der Waals surface area contributed by atoms with Crippen molar-refractivity contribution in [2.75, 3.05) is 95.0 Å². The van der Waals surface area contributed by atoms with Crippen molar-refractivity contribution in [2.45, 2.75) is 169 Å². The van der Waals surface area contributed by atoms with E-state index >= 15 is 0 Å². The third kappa shape index (κ3) is 25.0. The summed E-state index contributed by atoms with van der Waals surface area (Å²) in [7, 11) is 3.93. The largest absolute Gasteiger partial charge is 0.472 e. The van der Waals surface area contributed by atoms with Crippen LogP contribution in [0.15, 0.2) is 37.4 Å². The SMILES string of the molecule is C=Cc1c(C)c2cc3[nH]c(cc4nc(cc5nc(cc1[nH]2)C(C)=C5CCC(=O)OCCCCCCCCCCCOP(=O)(O)OCC[N+](C)(C)C)C(CCC(=O)OCCCCCCCCCCCOP(=O)(O)OCC[N+](C)(C)C)=C4C)c(C)c3C=C. The molecule has 0 radical (unpaired) electrons. The van der Waals surface area contributed by atoms with Crippen LogP contribution in [0.3, 0.4) is 0 Å². The summed E-state index contributed by atoms with van der Waals surface area (Å²) in [5.41, 5.74) is 14.4. The Kier molecular flexibility index (Phi) is 29.6. The molecule has 3 aromatic rings. The molecule has 86 heavy (non-hydrogen) atoms. The van der Waals surface area contributed by atoms with E-state index in [1.807, 2.05) is 80.4 Å². The van der Waals surface area contributed by atoms with E-state index in [4.69, 9.17) is 37.5 Å². The predicted molar refractivity (Wildman–Crippen MR) is 348 cm³/mol. The van der Waals surface area contributed by atoms with Crippen LogP contribution in [0.5, 0.6) is 0 Å². The molecule has 0 saturated carbocycles. The van der Waals surface area contributed by atoms with Crippen LogP contribution in [-0.4, -0.2) is 146 Å². The Morgan fingerprint density at radius 1 is 0.465 bits per heavy atom. The zero-order valence-electron chi connectivity index (χ0n) is 53.8. The number of fused-ring (bicyclic) bond motifs is 8. The fourth-order valence-electron chi connectivity index (χ4n) is 10.5. The number of phosphoric acid groups is 2. The number of hydrogen-bond donors (Lipinski definition) is 4. The molecule has 0 saturated heterocycles. The van der Waals surface area contributed by atoms with Gasteiger partial charge in [0.2, 0.25) is 0 Å². The molecule has 2 unspecified atom stereocenters. The van der Waals surface area contributed by atoms with E-state index in [0.29, 0.717) is 72.3 Å². The lowest BCUT2D eigenvalue weighted by Gasteiger charge is -2.24. The molecule has 20 heteroatoms. The quantitative estimate of drug-likeness (QED) is 0.0179. The number of nitrogens with one attached hydrogen (secondary N) is 2. The van der Waals surface area contributed by atoms with Crippen molar-refractivity contribution in [3.63, 3.8) is 0 Å². The average molecular weight is 1240 g/mol. The lowest BCUT2D eigenvalue weighted by atomic mass is 9.98. The first kappa shape index (κ1) is 71.9. The minimum Gasteiger partial charge on any atom is -0.466 e. The van der Waals surface area contributed by atoms with Crippen LogP contribution in [0, 0.1) is 13.8 Å². The topological polar surface area (TPSA) is 221 Å². The fraction of sp³-hybridized carbons (Fsp3) is 0.606. The van der Waals surface area contributed by atoms with Crippen molar-refractivity contribution in [3.05, 3.63) is 82.5 Å². The highest BCUT2D eigenvalue weighted by Crippen LogP contribution is 2.44. The number of ether oxygens (including phenoxy) is 2. The third-order valence-electron chi connectivity index (χ3n) is 15.8. The molecule has 478 valence electrons. The maximum Gasteiger partial charge on any atom is 0.472 e. The molecule has 0 aliphatic carbocycles. The van der Waals surface area contributed by atoms with Gasteiger partial charge in [0.1, 0.15) is 26.3 Å². The van der Waals surface area contributed by atoms with Crippen LogP contribution in [0.25, 0.3) is 56.5 Å². The Labute approximate surface area is 513 Å². The first-order valence-electron chi connectivity index (χ1n) is 31.4. The average Bonchev–Trinajstić information content (AvgIpc) is 3.88. The number of aromatic nitrogens is 4. The van der Waals surface area contributed by atoms with Gasteiger partial charge in [-0.25, -0.2) is 19.1 Å². The number of aryl methyl sites for hydroxylation is 2. The van der Waals surface area contributed by atoms with Gasteiger partial charge >= 0.3 is 27.6 Å². The molecule has 4 N–H and O–H groups in total. The van der Waals surface area contributed by atoms with E-state index in [0.717, 1.165) is 181 Å². The van der Waals surface area contributed by atoms with Gasteiger partial charge in [-0.2, -0.15) is 0 Å². The number of rotatable bonds is 42. The number of carbonyl (C=O) groups excluding carboxylic acids is 2. The zero-order chi connectivity index (χ0) is 62.9. The van der Waals surface area contributed by atoms with Crippen molar-refractivity contribution in [1.29, 1.82) is 0 Å². The number of aromatic amines is 2. The molecule has 2 aliphatic rings. The van der Waals surface area contributed by atoms with E-state index < -0.39 is 15.6 Å². The molecular weight excluding hydrogens is 1130 g/mol. The summed E-state index contributed by atoms with van der Waals surface area (Å²) in [6, 6.07) is 8.22. The maximum absolute atomic E-state index is 13.4. The summed E-state index contributed by atoms with van der Waals surface area (Å²) in [6.07, 6.45) is 22.5. The summed E-state index contributed by atoms with van der Waals surface area (Å²) in [5.74, 6) is -0.514. The Morgan fingerprint density at radius 2 is 0.779 bits per heavy atom. The molecular formula is C66H104N6O12P2+2. The highest BCUT2D eigenvalue weighted by Gasteiger charge is 2.26. The number of H-pyrrole nitrogens is 2. The fourth-order valence-corrected chi connectivity index (χ4v) is 11.9. The van der Waals surface area contributed by atoms with Gasteiger partial charge in [-0.3, -0.25) is 27.7 Å². The minimum atomic E-state index is -4.02. The molecule has 5 heterocycles. The van der Waals surface area contributed by atoms with E-state index in [9.17, 15) is 28.5 Å². The summed E-state index contributed by atoms with van der Waals surface area (Å²) >= 11 is 0. The number of esters is 2. The summed E-state index contributed by atoms with van der Waals surface area (Å²) in [5, 5.41) is 0. The van der Waals surface area contributed by atoms with Gasteiger partial charge in [-0.1, -0.05) is 115 Å². The van der Waals surface area contributed by atoms with E-state index in [1.54, 1.807) is 0 Å². The number of allylic oxidation sites excluding steroid dienone is 4. The Hall–Kier alpha value is -4.84. The lowest BCUT2D eigenvalue weighted by Crippen LogP contribution is -2.37. The van der Waals surface area contributed by atoms with E-state index in [2.05, 4.69) is 49.1 Å². The zero-order valence-corrected chi connectivity index (χ0v) is 55.5. The monoisotopic (exact) mass is 1230 g/mol. The number of nitrogens with zero attached hydrogens (tertiary/aromatic N) is 4. The maximum atomic E-state index is 13.4. The second-order valence-electron chi connectivity index (χ2n) is 25.0. The van der Waals surface area contributed by atoms with Gasteiger partial charge in [0.15, 0.2) is 0 Å².